The Bertz CT molecular complexity index is 622. The van der Waals surface area contributed by atoms with Gasteiger partial charge in [-0.3, -0.25) is 9.59 Å². The van der Waals surface area contributed by atoms with Crippen molar-refractivity contribution < 1.29 is 19.4 Å². The quantitative estimate of drug-likeness (QED) is 0.609. The number of phenolic OH excluding ortho intramolecular Hbond substituents is 1. The molecular weight excluding hydrogens is 400 g/mol. The Morgan fingerprint density at radius 1 is 1.46 bits per heavy atom. The second-order valence-electron chi connectivity index (χ2n) is 5.99. The van der Waals surface area contributed by atoms with Gasteiger partial charge < -0.3 is 20.9 Å². The van der Waals surface area contributed by atoms with Crippen molar-refractivity contribution in [1.82, 2.24) is 5.32 Å². The highest BCUT2D eigenvalue weighted by Gasteiger charge is 2.52. The zero-order chi connectivity index (χ0) is 17.2. The summed E-state index contributed by atoms with van der Waals surface area (Å²) in [4.78, 5) is 24.0. The molecule has 1 aliphatic rings. The molecule has 0 heterocycles. The molecule has 1 fully saturated rings. The summed E-state index contributed by atoms with van der Waals surface area (Å²) in [7, 11) is 1.34. The first-order chi connectivity index (χ1) is 10.8. The van der Waals surface area contributed by atoms with Crippen LogP contribution in [0.2, 0.25) is 0 Å². The maximum absolute atomic E-state index is 12.3. The fourth-order valence-electron chi connectivity index (χ4n) is 2.57. The first-order valence-electron chi connectivity index (χ1n) is 7.42. The lowest BCUT2D eigenvalue weighted by Gasteiger charge is -2.24. The molecule has 1 aromatic rings. The van der Waals surface area contributed by atoms with Gasteiger partial charge in [-0.1, -0.05) is 6.07 Å². The number of nitrogens with one attached hydrogen (secondary N) is 1. The van der Waals surface area contributed by atoms with Crippen LogP contribution in [-0.4, -0.2) is 35.7 Å². The average molecular weight is 422 g/mol. The number of benzene rings is 1. The lowest BCUT2D eigenvalue weighted by molar-refractivity contribution is -0.146. The summed E-state index contributed by atoms with van der Waals surface area (Å²) in [5.41, 5.74) is 6.28. The first kappa shape index (κ1) is 20.7. The minimum atomic E-state index is -0.728. The van der Waals surface area contributed by atoms with E-state index in [-0.39, 0.29) is 30.0 Å². The van der Waals surface area contributed by atoms with Crippen LogP contribution in [-0.2, 0) is 20.7 Å². The van der Waals surface area contributed by atoms with Gasteiger partial charge in [0.1, 0.15) is 5.75 Å². The van der Waals surface area contributed by atoms with Gasteiger partial charge >= 0.3 is 5.97 Å². The minimum absolute atomic E-state index is 0. The highest BCUT2D eigenvalue weighted by Crippen LogP contribution is 2.42. The van der Waals surface area contributed by atoms with Gasteiger partial charge in [0.2, 0.25) is 5.91 Å². The van der Waals surface area contributed by atoms with Crippen molar-refractivity contribution in [3.05, 3.63) is 28.2 Å². The number of ether oxygens (including phenoxy) is 1. The van der Waals surface area contributed by atoms with Gasteiger partial charge in [-0.15, -0.1) is 12.4 Å². The zero-order valence-corrected chi connectivity index (χ0v) is 15.9. The highest BCUT2D eigenvalue weighted by atomic mass is 79.9. The maximum atomic E-state index is 12.3. The predicted molar refractivity (Wildman–Crippen MR) is 96.0 cm³/mol. The Hall–Kier alpha value is -1.31. The van der Waals surface area contributed by atoms with Crippen molar-refractivity contribution >= 4 is 40.2 Å². The number of rotatable bonds is 6. The predicted octanol–water partition coefficient (Wildman–Crippen LogP) is 1.90. The van der Waals surface area contributed by atoms with Crippen molar-refractivity contribution in [3.63, 3.8) is 0 Å². The molecule has 0 aliphatic heterocycles. The van der Waals surface area contributed by atoms with Crippen molar-refractivity contribution in [2.45, 2.75) is 37.8 Å². The Kier molecular flexibility index (Phi) is 7.07. The molecule has 8 heteroatoms. The summed E-state index contributed by atoms with van der Waals surface area (Å²) in [5, 5.41) is 12.4. The lowest BCUT2D eigenvalue weighted by Crippen LogP contribution is -2.51. The van der Waals surface area contributed by atoms with E-state index in [0.29, 0.717) is 10.9 Å². The molecule has 4 N–H and O–H groups in total. The number of halogens is 2. The lowest BCUT2D eigenvalue weighted by atomic mass is 9.98. The Balaban J connectivity index is 0.00000288. The molecule has 2 atom stereocenters. The van der Waals surface area contributed by atoms with Gasteiger partial charge in [-0.05, 0) is 59.8 Å². The molecule has 1 aromatic carbocycles. The third-order valence-corrected chi connectivity index (χ3v) is 4.98. The topological polar surface area (TPSA) is 102 Å². The molecule has 134 valence electrons. The van der Waals surface area contributed by atoms with Crippen molar-refractivity contribution in [2.75, 3.05) is 7.11 Å². The maximum Gasteiger partial charge on any atom is 0.310 e. The number of aromatic hydroxyl groups is 1. The van der Waals surface area contributed by atoms with E-state index in [1.165, 1.54) is 7.11 Å². The van der Waals surface area contributed by atoms with Gasteiger partial charge in [0, 0.05) is 0 Å². The molecule has 0 saturated heterocycles. The highest BCUT2D eigenvalue weighted by molar-refractivity contribution is 9.10. The standard InChI is InChI=1S/C16H21BrN2O4.ClH/c1-9(15(22)23-2)16(5-6-16)19-14(21)12(18)8-10-3-4-13(20)11(17)7-10;/h3-4,7,9,12,20H,5-6,8,18H2,1-2H3,(H,19,21);1H/t9?,12-;/m0./s1. The molecule has 2 rings (SSSR count). The summed E-state index contributed by atoms with van der Waals surface area (Å²) in [6.07, 6.45) is 1.83. The Morgan fingerprint density at radius 2 is 2.08 bits per heavy atom. The molecule has 0 radical (unpaired) electrons. The fraction of sp³-hybridized carbons (Fsp3) is 0.500. The van der Waals surface area contributed by atoms with E-state index in [9.17, 15) is 14.7 Å². The number of hydrogen-bond acceptors (Lipinski definition) is 5. The molecule has 0 spiro atoms. The molecule has 6 nitrogen and oxygen atoms in total. The van der Waals surface area contributed by atoms with Crippen LogP contribution < -0.4 is 11.1 Å². The van der Waals surface area contributed by atoms with Crippen LogP contribution in [0.25, 0.3) is 0 Å². The Morgan fingerprint density at radius 3 is 2.58 bits per heavy atom. The van der Waals surface area contributed by atoms with Crippen LogP contribution in [0.15, 0.2) is 22.7 Å². The molecule has 24 heavy (non-hydrogen) atoms. The molecule has 0 aromatic heterocycles. The average Bonchev–Trinajstić information content (AvgIpc) is 3.30. The summed E-state index contributed by atoms with van der Waals surface area (Å²) in [5.74, 6) is -0.886. The monoisotopic (exact) mass is 420 g/mol. The van der Waals surface area contributed by atoms with E-state index in [0.717, 1.165) is 18.4 Å². The van der Waals surface area contributed by atoms with Gasteiger partial charge in [0.05, 0.1) is 29.1 Å². The summed E-state index contributed by atoms with van der Waals surface area (Å²) in [6.45, 7) is 1.75. The normalized spacial score (nSPS) is 17.2. The number of phenols is 1. The largest absolute Gasteiger partial charge is 0.507 e. The van der Waals surface area contributed by atoms with Crippen LogP contribution >= 0.6 is 28.3 Å². The van der Waals surface area contributed by atoms with Crippen LogP contribution in [0, 0.1) is 5.92 Å². The number of carbonyl (C=O) groups is 2. The van der Waals surface area contributed by atoms with E-state index in [2.05, 4.69) is 21.2 Å². The van der Waals surface area contributed by atoms with Gasteiger partial charge in [0.15, 0.2) is 0 Å². The van der Waals surface area contributed by atoms with Gasteiger partial charge in [-0.2, -0.15) is 0 Å². The third kappa shape index (κ3) is 4.62. The van der Waals surface area contributed by atoms with E-state index < -0.39 is 17.5 Å². The first-order valence-corrected chi connectivity index (χ1v) is 8.21. The van der Waals surface area contributed by atoms with Crippen LogP contribution in [0.1, 0.15) is 25.3 Å². The number of esters is 1. The molecule has 1 amide bonds. The Labute approximate surface area is 155 Å². The molecule has 1 aliphatic carbocycles. The SMILES string of the molecule is COC(=O)C(C)C1(NC(=O)[C@@H](N)Cc2ccc(O)c(Br)c2)CC1.Cl. The van der Waals surface area contributed by atoms with E-state index in [4.69, 9.17) is 10.5 Å². The van der Waals surface area contributed by atoms with Crippen molar-refractivity contribution in [3.8, 4) is 5.75 Å². The second kappa shape index (κ2) is 8.18. The van der Waals surface area contributed by atoms with Crippen molar-refractivity contribution in [2.24, 2.45) is 11.7 Å². The number of amides is 1. The molecule has 0 bridgehead atoms. The second-order valence-corrected chi connectivity index (χ2v) is 6.84. The molecule has 1 saturated carbocycles. The van der Waals surface area contributed by atoms with Gasteiger partial charge in [-0.25, -0.2) is 0 Å². The summed E-state index contributed by atoms with van der Waals surface area (Å²) >= 11 is 3.23. The van der Waals surface area contributed by atoms with E-state index in [1.54, 1.807) is 25.1 Å². The summed E-state index contributed by atoms with van der Waals surface area (Å²) < 4.78 is 5.31. The molecule has 1 unspecified atom stereocenters. The zero-order valence-electron chi connectivity index (χ0n) is 13.5. The van der Waals surface area contributed by atoms with Crippen LogP contribution in [0.3, 0.4) is 0 Å². The number of hydrogen-bond donors (Lipinski definition) is 3. The number of carbonyl (C=O) groups excluding carboxylic acids is 2. The van der Waals surface area contributed by atoms with Gasteiger partial charge in [0.25, 0.3) is 0 Å². The number of methoxy groups -OCH3 is 1. The summed E-state index contributed by atoms with van der Waals surface area (Å²) in [6, 6.07) is 4.27. The number of nitrogens with two attached hydrogens (primary N) is 1. The molecular formula is C16H22BrClN2O4. The van der Waals surface area contributed by atoms with E-state index in [1.807, 2.05) is 0 Å². The fourth-order valence-corrected chi connectivity index (χ4v) is 2.99. The van der Waals surface area contributed by atoms with Crippen LogP contribution in [0.5, 0.6) is 5.75 Å². The minimum Gasteiger partial charge on any atom is -0.507 e. The van der Waals surface area contributed by atoms with Crippen molar-refractivity contribution in [1.29, 1.82) is 0 Å². The third-order valence-electron chi connectivity index (χ3n) is 4.35. The van der Waals surface area contributed by atoms with Crippen LogP contribution in [0.4, 0.5) is 0 Å². The smallest absolute Gasteiger partial charge is 0.310 e. The van der Waals surface area contributed by atoms with E-state index >= 15 is 0 Å².